The minimum absolute atomic E-state index is 0.0370. The molecule has 1 aromatic rings. The summed E-state index contributed by atoms with van der Waals surface area (Å²) in [5.41, 5.74) is -0.0361. The van der Waals surface area contributed by atoms with Crippen molar-refractivity contribution < 1.29 is 23.5 Å². The maximum Gasteiger partial charge on any atom is 0.312 e. The molecule has 6 nitrogen and oxygen atoms in total. The molecule has 1 N–H and O–H groups in total. The van der Waals surface area contributed by atoms with Crippen LogP contribution in [-0.4, -0.2) is 47.2 Å². The van der Waals surface area contributed by atoms with Gasteiger partial charge < -0.3 is 15.0 Å². The number of nitrogens with zero attached hydrogens (tertiary/aromatic N) is 1. The van der Waals surface area contributed by atoms with Crippen LogP contribution >= 0.6 is 15.9 Å². The first-order valence-corrected chi connectivity index (χ1v) is 11.1. The second-order valence-corrected chi connectivity index (χ2v) is 11.0. The van der Waals surface area contributed by atoms with Crippen molar-refractivity contribution in [2.75, 3.05) is 25.5 Å². The molecular formula is C22H26BrFN2O4. The van der Waals surface area contributed by atoms with Crippen molar-refractivity contribution in [1.29, 1.82) is 0 Å². The quantitative estimate of drug-likeness (QED) is 0.499. The molecule has 2 atom stereocenters. The third kappa shape index (κ3) is 4.38. The molecule has 30 heavy (non-hydrogen) atoms. The number of esters is 1. The Hall–Kier alpha value is -1.96. The average Bonchev–Trinajstić information content (AvgIpc) is 2.65. The molecule has 0 heterocycles. The highest BCUT2D eigenvalue weighted by Gasteiger charge is 2.60. The fourth-order valence-corrected chi connectivity index (χ4v) is 7.27. The highest BCUT2D eigenvalue weighted by molar-refractivity contribution is 9.10. The van der Waals surface area contributed by atoms with E-state index in [2.05, 4.69) is 21.2 Å². The monoisotopic (exact) mass is 480 g/mol. The maximum absolute atomic E-state index is 12.9. The number of anilines is 1. The number of carbonyl (C=O) groups excluding carboxylic acids is 3. The summed E-state index contributed by atoms with van der Waals surface area (Å²) in [5, 5.41) is 2.60. The topological polar surface area (TPSA) is 75.7 Å². The van der Waals surface area contributed by atoms with Crippen LogP contribution in [0, 0.1) is 23.1 Å². The molecule has 0 spiro atoms. The van der Waals surface area contributed by atoms with Crippen LogP contribution in [-0.2, 0) is 19.1 Å². The molecule has 0 radical (unpaired) electrons. The van der Waals surface area contributed by atoms with Crippen molar-refractivity contribution in [2.45, 2.75) is 42.8 Å². The lowest BCUT2D eigenvalue weighted by atomic mass is 9.49. The largest absolute Gasteiger partial charge is 0.455 e. The summed E-state index contributed by atoms with van der Waals surface area (Å²) in [4.78, 5) is 38.6. The Morgan fingerprint density at radius 1 is 1.17 bits per heavy atom. The SMILES string of the molecule is CN(CC(=O)Nc1ccc(F)cc1)C(=O)COC(=O)C12CC3CC(CC(Br)(C3)C1)C2. The molecule has 5 rings (SSSR count). The molecule has 2 unspecified atom stereocenters. The molecule has 1 aromatic carbocycles. The van der Waals surface area contributed by atoms with Gasteiger partial charge >= 0.3 is 5.97 Å². The summed E-state index contributed by atoms with van der Waals surface area (Å²) in [5.74, 6) is -0.426. The summed E-state index contributed by atoms with van der Waals surface area (Å²) in [7, 11) is 1.48. The molecule has 2 amide bonds. The van der Waals surface area contributed by atoms with Crippen molar-refractivity contribution in [2.24, 2.45) is 17.3 Å². The van der Waals surface area contributed by atoms with E-state index in [4.69, 9.17) is 4.74 Å². The third-order valence-electron chi connectivity index (χ3n) is 6.68. The molecule has 4 fully saturated rings. The van der Waals surface area contributed by atoms with Gasteiger partial charge in [-0.05, 0) is 74.6 Å². The van der Waals surface area contributed by atoms with E-state index in [0.717, 1.165) is 32.1 Å². The Labute approximate surface area is 183 Å². The number of ether oxygens (including phenoxy) is 1. The minimum Gasteiger partial charge on any atom is -0.455 e. The number of halogens is 2. The highest BCUT2D eigenvalue weighted by Crippen LogP contribution is 2.64. The van der Waals surface area contributed by atoms with Crippen molar-refractivity contribution in [1.82, 2.24) is 4.90 Å². The first-order valence-electron chi connectivity index (χ1n) is 10.3. The van der Waals surface area contributed by atoms with Gasteiger partial charge in [-0.1, -0.05) is 15.9 Å². The molecule has 162 valence electrons. The summed E-state index contributed by atoms with van der Waals surface area (Å²) < 4.78 is 18.4. The van der Waals surface area contributed by atoms with Gasteiger partial charge in [0.2, 0.25) is 5.91 Å². The number of nitrogens with one attached hydrogen (secondary N) is 1. The van der Waals surface area contributed by atoms with E-state index in [1.165, 1.54) is 42.6 Å². The summed E-state index contributed by atoms with van der Waals surface area (Å²) in [6, 6.07) is 5.37. The number of rotatable bonds is 6. The van der Waals surface area contributed by atoms with E-state index in [9.17, 15) is 18.8 Å². The fraction of sp³-hybridized carbons (Fsp3) is 0.591. The van der Waals surface area contributed by atoms with Crippen LogP contribution < -0.4 is 5.32 Å². The highest BCUT2D eigenvalue weighted by atomic mass is 79.9. The number of hydrogen-bond donors (Lipinski definition) is 1. The Bertz CT molecular complexity index is 845. The van der Waals surface area contributed by atoms with Gasteiger partial charge in [-0.25, -0.2) is 4.39 Å². The normalized spacial score (nSPS) is 31.3. The zero-order valence-electron chi connectivity index (χ0n) is 17.0. The number of alkyl halides is 1. The minimum atomic E-state index is -0.480. The van der Waals surface area contributed by atoms with Crippen LogP contribution in [0.5, 0.6) is 0 Å². The lowest BCUT2D eigenvalue weighted by Crippen LogP contribution is -2.56. The Balaban J connectivity index is 1.27. The van der Waals surface area contributed by atoms with E-state index in [1.54, 1.807) is 0 Å². The van der Waals surface area contributed by atoms with Gasteiger partial charge in [0, 0.05) is 17.1 Å². The van der Waals surface area contributed by atoms with Crippen molar-refractivity contribution >= 4 is 39.4 Å². The van der Waals surface area contributed by atoms with Gasteiger partial charge in [-0.2, -0.15) is 0 Å². The van der Waals surface area contributed by atoms with E-state index < -0.39 is 23.0 Å². The molecule has 8 heteroatoms. The van der Waals surface area contributed by atoms with E-state index in [-0.39, 0.29) is 23.4 Å². The summed E-state index contributed by atoms with van der Waals surface area (Å²) in [6.07, 6.45) is 5.88. The van der Waals surface area contributed by atoms with Gasteiger partial charge in [0.05, 0.1) is 12.0 Å². The summed E-state index contributed by atoms with van der Waals surface area (Å²) in [6.45, 7) is -0.556. The second kappa shape index (κ2) is 7.94. The lowest BCUT2D eigenvalue weighted by molar-refractivity contribution is -0.172. The summed E-state index contributed by atoms with van der Waals surface area (Å²) >= 11 is 3.87. The second-order valence-electron chi connectivity index (χ2n) is 9.27. The zero-order valence-corrected chi connectivity index (χ0v) is 18.5. The van der Waals surface area contributed by atoms with E-state index in [1.807, 2.05) is 0 Å². The smallest absolute Gasteiger partial charge is 0.312 e. The average molecular weight is 481 g/mol. The maximum atomic E-state index is 12.9. The zero-order chi connectivity index (χ0) is 21.5. The number of likely N-dealkylation sites (N-methyl/N-ethyl adjacent to an activating group) is 1. The van der Waals surface area contributed by atoms with Gasteiger partial charge in [-0.15, -0.1) is 0 Å². The molecule has 4 aliphatic rings. The van der Waals surface area contributed by atoms with Crippen LogP contribution in [0.15, 0.2) is 24.3 Å². The van der Waals surface area contributed by atoms with Crippen molar-refractivity contribution in [3.63, 3.8) is 0 Å². The van der Waals surface area contributed by atoms with E-state index >= 15 is 0 Å². The predicted molar refractivity (Wildman–Crippen MR) is 112 cm³/mol. The molecule has 0 saturated heterocycles. The molecule has 4 bridgehead atoms. The van der Waals surface area contributed by atoms with Gasteiger partial charge in [0.15, 0.2) is 6.61 Å². The lowest BCUT2D eigenvalue weighted by Gasteiger charge is -2.58. The third-order valence-corrected chi connectivity index (χ3v) is 7.61. The van der Waals surface area contributed by atoms with Gasteiger partial charge in [0.1, 0.15) is 5.82 Å². The predicted octanol–water partition coefficient (Wildman–Crippen LogP) is 3.50. The molecule has 4 saturated carbocycles. The van der Waals surface area contributed by atoms with Crippen molar-refractivity contribution in [3.05, 3.63) is 30.1 Å². The Morgan fingerprint density at radius 3 is 2.40 bits per heavy atom. The fourth-order valence-electron chi connectivity index (χ4n) is 5.82. The van der Waals surface area contributed by atoms with Gasteiger partial charge in [0.25, 0.3) is 5.91 Å². The van der Waals surface area contributed by atoms with Crippen LogP contribution in [0.25, 0.3) is 0 Å². The molecule has 4 aliphatic carbocycles. The van der Waals surface area contributed by atoms with Crippen LogP contribution in [0.3, 0.4) is 0 Å². The van der Waals surface area contributed by atoms with Crippen LogP contribution in [0.2, 0.25) is 0 Å². The standard InChI is InChI=1S/C22H26BrFN2O4/c1-26(11-18(27)25-17-4-2-16(24)3-5-17)19(28)12-30-20(29)21-7-14-6-15(8-21)10-22(23,9-14)13-21/h2-5,14-15H,6-13H2,1H3,(H,25,27). The Kier molecular flexibility index (Phi) is 5.64. The van der Waals surface area contributed by atoms with Gasteiger partial charge in [-0.3, -0.25) is 14.4 Å². The number of carbonyl (C=O) groups is 3. The van der Waals surface area contributed by atoms with Crippen LogP contribution in [0.1, 0.15) is 38.5 Å². The van der Waals surface area contributed by atoms with Crippen LogP contribution in [0.4, 0.5) is 10.1 Å². The number of hydrogen-bond acceptors (Lipinski definition) is 4. The van der Waals surface area contributed by atoms with Crippen molar-refractivity contribution in [3.8, 4) is 0 Å². The molecule has 0 aliphatic heterocycles. The first kappa shape index (κ1) is 21.3. The first-order chi connectivity index (χ1) is 14.2. The van der Waals surface area contributed by atoms with E-state index in [0.29, 0.717) is 17.5 Å². The number of benzene rings is 1. The number of amides is 2. The Morgan fingerprint density at radius 2 is 1.80 bits per heavy atom. The molecule has 0 aromatic heterocycles. The molecular weight excluding hydrogens is 455 g/mol.